The lowest BCUT2D eigenvalue weighted by atomic mass is 10.1. The van der Waals surface area contributed by atoms with Gasteiger partial charge in [-0.25, -0.2) is 0 Å². The fourth-order valence-corrected chi connectivity index (χ4v) is 3.90. The molecule has 4 rings (SSSR count). The molecule has 0 aliphatic carbocycles. The number of carbonyl (C=O) groups is 3. The van der Waals surface area contributed by atoms with Crippen molar-refractivity contribution in [1.29, 1.82) is 0 Å². The third kappa shape index (κ3) is 7.16. The minimum Gasteiger partial charge on any atom is -0.376 e. The van der Waals surface area contributed by atoms with E-state index in [1.54, 1.807) is 54.6 Å². The number of ether oxygens (including phenoxy) is 1. The van der Waals surface area contributed by atoms with Crippen LogP contribution in [0.4, 0.5) is 17.1 Å². The van der Waals surface area contributed by atoms with Crippen molar-refractivity contribution in [3.63, 3.8) is 0 Å². The SMILES string of the molecule is Cc1cccc(C(=O)Nc2ccc(NC(=O)CNc3cccc(C(=O)NCC4CCCO4)c3)cc2)c1. The Morgan fingerprint density at radius 2 is 1.53 bits per heavy atom. The van der Waals surface area contributed by atoms with E-state index in [0.29, 0.717) is 34.7 Å². The molecular formula is C28H30N4O4. The number of anilines is 3. The molecule has 3 aromatic rings. The number of hydrogen-bond acceptors (Lipinski definition) is 5. The smallest absolute Gasteiger partial charge is 0.255 e. The highest BCUT2D eigenvalue weighted by Gasteiger charge is 2.17. The molecule has 3 aromatic carbocycles. The Hall–Kier alpha value is -4.17. The van der Waals surface area contributed by atoms with E-state index in [1.807, 2.05) is 25.1 Å². The van der Waals surface area contributed by atoms with E-state index >= 15 is 0 Å². The number of benzene rings is 3. The Morgan fingerprint density at radius 3 is 2.22 bits per heavy atom. The average Bonchev–Trinajstić information content (AvgIpc) is 3.41. The summed E-state index contributed by atoms with van der Waals surface area (Å²) in [7, 11) is 0. The lowest BCUT2D eigenvalue weighted by Crippen LogP contribution is -2.31. The monoisotopic (exact) mass is 486 g/mol. The molecule has 3 amide bonds. The second-order valence-electron chi connectivity index (χ2n) is 8.73. The van der Waals surface area contributed by atoms with E-state index in [9.17, 15) is 14.4 Å². The highest BCUT2D eigenvalue weighted by atomic mass is 16.5. The van der Waals surface area contributed by atoms with Gasteiger partial charge in [0.2, 0.25) is 5.91 Å². The minimum absolute atomic E-state index is 0.0346. The van der Waals surface area contributed by atoms with Crippen molar-refractivity contribution < 1.29 is 19.1 Å². The minimum atomic E-state index is -0.236. The summed E-state index contributed by atoms with van der Waals surface area (Å²) in [5.41, 5.74) is 4.03. The largest absolute Gasteiger partial charge is 0.376 e. The van der Waals surface area contributed by atoms with Crippen LogP contribution in [-0.4, -0.2) is 43.5 Å². The molecule has 186 valence electrons. The molecule has 1 fully saturated rings. The van der Waals surface area contributed by atoms with Crippen LogP contribution >= 0.6 is 0 Å². The Balaban J connectivity index is 1.24. The summed E-state index contributed by atoms with van der Waals surface area (Å²) >= 11 is 0. The summed E-state index contributed by atoms with van der Waals surface area (Å²) in [6, 6.07) is 21.3. The van der Waals surface area contributed by atoms with Crippen LogP contribution in [0.1, 0.15) is 39.1 Å². The van der Waals surface area contributed by atoms with Crippen LogP contribution in [0, 0.1) is 6.92 Å². The van der Waals surface area contributed by atoms with Crippen LogP contribution < -0.4 is 21.3 Å². The number of rotatable bonds is 9. The van der Waals surface area contributed by atoms with Gasteiger partial charge in [0, 0.05) is 41.3 Å². The highest BCUT2D eigenvalue weighted by Crippen LogP contribution is 2.16. The van der Waals surface area contributed by atoms with E-state index in [4.69, 9.17) is 4.74 Å². The maximum atomic E-state index is 12.4. The third-order valence-electron chi connectivity index (χ3n) is 5.80. The second kappa shape index (κ2) is 12.0. The summed E-state index contributed by atoms with van der Waals surface area (Å²) in [4.78, 5) is 37.2. The number of aryl methyl sites for hydroxylation is 1. The number of hydrogen-bond donors (Lipinski definition) is 4. The van der Waals surface area contributed by atoms with Crippen molar-refractivity contribution >= 4 is 34.8 Å². The van der Waals surface area contributed by atoms with Gasteiger partial charge in [-0.3, -0.25) is 14.4 Å². The van der Waals surface area contributed by atoms with Crippen LogP contribution in [0.25, 0.3) is 0 Å². The summed E-state index contributed by atoms with van der Waals surface area (Å²) < 4.78 is 5.53. The molecular weight excluding hydrogens is 456 g/mol. The fraction of sp³-hybridized carbons (Fsp3) is 0.250. The molecule has 4 N–H and O–H groups in total. The van der Waals surface area contributed by atoms with Gasteiger partial charge in [0.05, 0.1) is 12.6 Å². The van der Waals surface area contributed by atoms with Crippen LogP contribution in [0.2, 0.25) is 0 Å². The van der Waals surface area contributed by atoms with Crippen molar-refractivity contribution in [3.8, 4) is 0 Å². The number of amides is 3. The van der Waals surface area contributed by atoms with Crippen LogP contribution in [0.3, 0.4) is 0 Å². The molecule has 1 saturated heterocycles. The average molecular weight is 487 g/mol. The zero-order valence-electron chi connectivity index (χ0n) is 20.2. The highest BCUT2D eigenvalue weighted by molar-refractivity contribution is 6.04. The Morgan fingerprint density at radius 1 is 0.833 bits per heavy atom. The first-order valence-corrected chi connectivity index (χ1v) is 12.0. The maximum absolute atomic E-state index is 12.4. The van der Waals surface area contributed by atoms with Crippen molar-refractivity contribution in [2.75, 3.05) is 35.6 Å². The predicted molar refractivity (Wildman–Crippen MR) is 140 cm³/mol. The fourth-order valence-electron chi connectivity index (χ4n) is 3.90. The van der Waals surface area contributed by atoms with E-state index < -0.39 is 0 Å². The molecule has 0 radical (unpaired) electrons. The molecule has 1 heterocycles. The van der Waals surface area contributed by atoms with E-state index in [2.05, 4.69) is 21.3 Å². The van der Waals surface area contributed by atoms with Gasteiger partial charge >= 0.3 is 0 Å². The normalized spacial score (nSPS) is 14.6. The predicted octanol–water partition coefficient (Wildman–Crippen LogP) is 4.21. The molecule has 1 aliphatic heterocycles. The van der Waals surface area contributed by atoms with E-state index in [1.165, 1.54) is 0 Å². The Kier molecular flexibility index (Phi) is 8.31. The quantitative estimate of drug-likeness (QED) is 0.362. The summed E-state index contributed by atoms with van der Waals surface area (Å²) in [6.07, 6.45) is 2.07. The van der Waals surface area contributed by atoms with E-state index in [-0.39, 0.29) is 30.4 Å². The summed E-state index contributed by atoms with van der Waals surface area (Å²) in [5, 5.41) is 11.6. The number of carbonyl (C=O) groups excluding carboxylic acids is 3. The van der Waals surface area contributed by atoms with Crippen molar-refractivity contribution in [3.05, 3.63) is 89.5 Å². The van der Waals surface area contributed by atoms with Gasteiger partial charge in [-0.15, -0.1) is 0 Å². The lowest BCUT2D eigenvalue weighted by Gasteiger charge is -2.12. The third-order valence-corrected chi connectivity index (χ3v) is 5.80. The standard InChI is InChI=1S/C28H30N4O4/c1-19-5-2-6-20(15-19)28(35)32-23-12-10-22(11-13-23)31-26(33)18-29-24-8-3-7-21(16-24)27(34)30-17-25-9-4-14-36-25/h2-3,5-8,10-13,15-16,25,29H,4,9,14,17-18H2,1H3,(H,30,34)(H,31,33)(H,32,35). The molecule has 1 aliphatic rings. The van der Waals surface area contributed by atoms with Crippen LogP contribution in [-0.2, 0) is 9.53 Å². The maximum Gasteiger partial charge on any atom is 0.255 e. The summed E-state index contributed by atoms with van der Waals surface area (Å²) in [5.74, 6) is -0.601. The zero-order chi connectivity index (χ0) is 25.3. The molecule has 1 atom stereocenters. The van der Waals surface area contributed by atoms with Crippen molar-refractivity contribution in [2.24, 2.45) is 0 Å². The molecule has 36 heavy (non-hydrogen) atoms. The van der Waals surface area contributed by atoms with Gasteiger partial charge in [0.15, 0.2) is 0 Å². The Bertz CT molecular complexity index is 1220. The van der Waals surface area contributed by atoms with Gasteiger partial charge in [-0.1, -0.05) is 23.8 Å². The van der Waals surface area contributed by atoms with Crippen LogP contribution in [0.15, 0.2) is 72.8 Å². The summed E-state index contributed by atoms with van der Waals surface area (Å²) in [6.45, 7) is 3.21. The molecule has 0 saturated carbocycles. The van der Waals surface area contributed by atoms with Gasteiger partial charge in [-0.2, -0.15) is 0 Å². The van der Waals surface area contributed by atoms with Gasteiger partial charge in [0.1, 0.15) is 0 Å². The molecule has 0 spiro atoms. The topological polar surface area (TPSA) is 109 Å². The molecule has 1 unspecified atom stereocenters. The van der Waals surface area contributed by atoms with Crippen molar-refractivity contribution in [1.82, 2.24) is 5.32 Å². The van der Waals surface area contributed by atoms with E-state index in [0.717, 1.165) is 25.0 Å². The second-order valence-corrected chi connectivity index (χ2v) is 8.73. The molecule has 8 nitrogen and oxygen atoms in total. The first-order chi connectivity index (χ1) is 17.5. The van der Waals surface area contributed by atoms with Gasteiger partial charge in [0.25, 0.3) is 11.8 Å². The number of nitrogens with one attached hydrogen (secondary N) is 4. The zero-order valence-corrected chi connectivity index (χ0v) is 20.2. The Labute approximate surface area is 210 Å². The van der Waals surface area contributed by atoms with Gasteiger partial charge in [-0.05, 0) is 74.4 Å². The van der Waals surface area contributed by atoms with Crippen molar-refractivity contribution in [2.45, 2.75) is 25.9 Å². The lowest BCUT2D eigenvalue weighted by molar-refractivity contribution is -0.114. The first-order valence-electron chi connectivity index (χ1n) is 12.0. The molecule has 0 bridgehead atoms. The first kappa shape index (κ1) is 24.9. The van der Waals surface area contributed by atoms with Gasteiger partial charge < -0.3 is 26.0 Å². The molecule has 0 aromatic heterocycles. The van der Waals surface area contributed by atoms with Crippen LogP contribution in [0.5, 0.6) is 0 Å². The molecule has 8 heteroatoms.